The Morgan fingerprint density at radius 2 is 2.20 bits per heavy atom. The number of carbonyl (C=O) groups excluding carboxylic acids is 1. The number of para-hydroxylation sites is 1. The Labute approximate surface area is 143 Å². The number of nitrogens with zero attached hydrogens (tertiary/aromatic N) is 3. The highest BCUT2D eigenvalue weighted by atomic mass is 16.5. The van der Waals surface area contributed by atoms with E-state index in [9.17, 15) is 9.59 Å². The number of likely N-dealkylation sites (tertiary alicyclic amines) is 1. The minimum absolute atomic E-state index is 0.140. The van der Waals surface area contributed by atoms with E-state index >= 15 is 0 Å². The van der Waals surface area contributed by atoms with Crippen LogP contribution in [0.4, 0.5) is 0 Å². The Balaban J connectivity index is 1.69. The number of H-pyrrole nitrogens is 2. The van der Waals surface area contributed by atoms with Crippen molar-refractivity contribution in [3.8, 4) is 0 Å². The van der Waals surface area contributed by atoms with Gasteiger partial charge < -0.3 is 19.4 Å². The molecule has 130 valence electrons. The van der Waals surface area contributed by atoms with Gasteiger partial charge in [-0.2, -0.15) is 4.98 Å². The maximum absolute atomic E-state index is 13.1. The molecule has 0 radical (unpaired) electrons. The summed E-state index contributed by atoms with van der Waals surface area (Å²) in [4.78, 5) is 36.3. The van der Waals surface area contributed by atoms with Crippen LogP contribution in [-0.4, -0.2) is 37.5 Å². The zero-order valence-corrected chi connectivity index (χ0v) is 14.1. The number of nitrogens with one attached hydrogen (secondary N) is 2. The second kappa shape index (κ2) is 5.87. The minimum Gasteiger partial charge on any atom is -0.339 e. The lowest BCUT2D eigenvalue weighted by Crippen LogP contribution is -2.31. The van der Waals surface area contributed by atoms with E-state index in [1.165, 1.54) is 0 Å². The smallest absolute Gasteiger partial charge is 0.323 e. The summed E-state index contributed by atoms with van der Waals surface area (Å²) in [5, 5.41) is 4.07. The van der Waals surface area contributed by atoms with Gasteiger partial charge in [0.15, 0.2) is 5.82 Å². The van der Waals surface area contributed by atoms with Gasteiger partial charge in [0, 0.05) is 12.5 Å². The highest BCUT2D eigenvalue weighted by Crippen LogP contribution is 2.33. The van der Waals surface area contributed by atoms with Crippen molar-refractivity contribution in [1.82, 2.24) is 25.0 Å². The topological polar surface area (TPSA) is 108 Å². The van der Waals surface area contributed by atoms with E-state index in [0.29, 0.717) is 34.9 Å². The molecule has 0 aliphatic carbocycles. The number of benzene rings is 1. The van der Waals surface area contributed by atoms with Crippen molar-refractivity contribution in [2.24, 2.45) is 0 Å². The second-order valence-electron chi connectivity index (χ2n) is 6.61. The molecule has 4 rings (SSSR count). The molecule has 1 aliphatic rings. The molecule has 25 heavy (non-hydrogen) atoms. The van der Waals surface area contributed by atoms with Gasteiger partial charge in [0.1, 0.15) is 0 Å². The van der Waals surface area contributed by atoms with E-state index in [0.717, 1.165) is 12.8 Å². The van der Waals surface area contributed by atoms with E-state index in [2.05, 4.69) is 20.1 Å². The maximum Gasteiger partial charge on any atom is 0.323 e. The number of hydrogen-bond donors (Lipinski definition) is 2. The number of aromatic nitrogens is 4. The van der Waals surface area contributed by atoms with Crippen LogP contribution in [-0.2, 0) is 0 Å². The Morgan fingerprint density at radius 3 is 2.96 bits per heavy atom. The molecule has 1 atom stereocenters. The van der Waals surface area contributed by atoms with Crippen LogP contribution in [0.5, 0.6) is 0 Å². The van der Waals surface area contributed by atoms with E-state index in [1.807, 2.05) is 13.8 Å². The van der Waals surface area contributed by atoms with Crippen molar-refractivity contribution in [2.75, 3.05) is 6.54 Å². The van der Waals surface area contributed by atoms with E-state index in [4.69, 9.17) is 4.52 Å². The van der Waals surface area contributed by atoms with Crippen molar-refractivity contribution in [3.05, 3.63) is 46.0 Å². The number of rotatable bonds is 3. The van der Waals surface area contributed by atoms with Gasteiger partial charge >= 0.3 is 5.69 Å². The average Bonchev–Trinajstić information content (AvgIpc) is 3.30. The van der Waals surface area contributed by atoms with Gasteiger partial charge in [0.05, 0.1) is 22.6 Å². The van der Waals surface area contributed by atoms with Gasteiger partial charge in [0.25, 0.3) is 5.91 Å². The average molecular weight is 341 g/mol. The lowest BCUT2D eigenvalue weighted by atomic mass is 10.1. The first-order chi connectivity index (χ1) is 12.0. The molecule has 3 heterocycles. The Morgan fingerprint density at radius 1 is 1.36 bits per heavy atom. The predicted molar refractivity (Wildman–Crippen MR) is 90.3 cm³/mol. The molecule has 1 aliphatic heterocycles. The fourth-order valence-electron chi connectivity index (χ4n) is 3.29. The maximum atomic E-state index is 13.1. The molecule has 1 saturated heterocycles. The first kappa shape index (κ1) is 15.6. The highest BCUT2D eigenvalue weighted by Gasteiger charge is 2.34. The van der Waals surface area contributed by atoms with Gasteiger partial charge in [-0.05, 0) is 25.0 Å². The molecular weight excluding hydrogens is 322 g/mol. The monoisotopic (exact) mass is 341 g/mol. The van der Waals surface area contributed by atoms with Crippen molar-refractivity contribution in [2.45, 2.75) is 38.6 Å². The fourth-order valence-corrected chi connectivity index (χ4v) is 3.29. The number of amides is 1. The van der Waals surface area contributed by atoms with Gasteiger partial charge in [-0.15, -0.1) is 0 Å². The third-order valence-electron chi connectivity index (χ3n) is 4.54. The third-order valence-corrected chi connectivity index (χ3v) is 4.54. The molecule has 3 aromatic rings. The molecular formula is C17H19N5O3. The highest BCUT2D eigenvalue weighted by molar-refractivity contribution is 6.05. The number of aromatic amines is 2. The van der Waals surface area contributed by atoms with Crippen molar-refractivity contribution >= 4 is 16.9 Å². The van der Waals surface area contributed by atoms with Crippen LogP contribution >= 0.6 is 0 Å². The van der Waals surface area contributed by atoms with Gasteiger partial charge in [-0.1, -0.05) is 25.1 Å². The molecule has 2 aromatic heterocycles. The molecule has 1 aromatic carbocycles. The van der Waals surface area contributed by atoms with E-state index in [1.54, 1.807) is 23.1 Å². The first-order valence-corrected chi connectivity index (χ1v) is 8.40. The fraction of sp³-hybridized carbons (Fsp3) is 0.412. The molecule has 8 nitrogen and oxygen atoms in total. The van der Waals surface area contributed by atoms with Crippen molar-refractivity contribution in [1.29, 1.82) is 0 Å². The summed E-state index contributed by atoms with van der Waals surface area (Å²) >= 11 is 0. The SMILES string of the molecule is CC(C)c1nc(C2CCCN2C(=O)c2cccc3[nH]c(=O)[nH]c23)no1. The summed E-state index contributed by atoms with van der Waals surface area (Å²) < 4.78 is 5.29. The van der Waals surface area contributed by atoms with Crippen molar-refractivity contribution < 1.29 is 9.32 Å². The predicted octanol–water partition coefficient (Wildman–Crippen LogP) is 2.34. The zero-order valence-electron chi connectivity index (χ0n) is 14.1. The lowest BCUT2D eigenvalue weighted by Gasteiger charge is -2.22. The molecule has 2 N–H and O–H groups in total. The van der Waals surface area contributed by atoms with Gasteiger partial charge in [0.2, 0.25) is 5.89 Å². The van der Waals surface area contributed by atoms with Gasteiger partial charge in [-0.25, -0.2) is 4.79 Å². The van der Waals surface area contributed by atoms with Crippen LogP contribution in [0.15, 0.2) is 27.5 Å². The molecule has 1 amide bonds. The first-order valence-electron chi connectivity index (χ1n) is 8.40. The zero-order chi connectivity index (χ0) is 17.6. The Hall–Kier alpha value is -2.90. The molecule has 8 heteroatoms. The quantitative estimate of drug-likeness (QED) is 0.760. The van der Waals surface area contributed by atoms with E-state index in [-0.39, 0.29) is 23.6 Å². The van der Waals surface area contributed by atoms with Crippen molar-refractivity contribution in [3.63, 3.8) is 0 Å². The summed E-state index contributed by atoms with van der Waals surface area (Å²) in [6.45, 7) is 4.59. The number of hydrogen-bond acceptors (Lipinski definition) is 5. The van der Waals surface area contributed by atoms with Crippen LogP contribution in [0, 0.1) is 0 Å². The molecule has 0 saturated carbocycles. The van der Waals surface area contributed by atoms with Crippen LogP contribution in [0.25, 0.3) is 11.0 Å². The molecule has 1 unspecified atom stereocenters. The lowest BCUT2D eigenvalue weighted by molar-refractivity contribution is 0.0730. The van der Waals surface area contributed by atoms with Crippen LogP contribution < -0.4 is 5.69 Å². The Kier molecular flexibility index (Phi) is 3.67. The minimum atomic E-state index is -0.326. The van der Waals surface area contributed by atoms with Gasteiger partial charge in [-0.3, -0.25) is 4.79 Å². The summed E-state index contributed by atoms with van der Waals surface area (Å²) in [6.07, 6.45) is 1.67. The number of fused-ring (bicyclic) bond motifs is 1. The molecule has 0 spiro atoms. The summed E-state index contributed by atoms with van der Waals surface area (Å²) in [5.74, 6) is 1.13. The van der Waals surface area contributed by atoms with Crippen LogP contribution in [0.2, 0.25) is 0 Å². The molecule has 0 bridgehead atoms. The summed E-state index contributed by atoms with van der Waals surface area (Å²) in [7, 11) is 0. The third kappa shape index (κ3) is 2.63. The second-order valence-corrected chi connectivity index (χ2v) is 6.61. The standard InChI is InChI=1S/C17H19N5O3/c1-9(2)15-20-14(21-25-15)12-7-4-8-22(12)16(23)10-5-3-6-11-13(10)19-17(24)18-11/h3,5-6,9,12H,4,7-8H2,1-2H3,(H2,18,19,24). The number of carbonyl (C=O) groups is 1. The van der Waals surface area contributed by atoms with E-state index < -0.39 is 0 Å². The summed E-state index contributed by atoms with van der Waals surface area (Å²) in [5.41, 5.74) is 1.29. The van der Waals surface area contributed by atoms with Crippen LogP contribution in [0.1, 0.15) is 60.7 Å². The normalized spacial score (nSPS) is 17.7. The summed E-state index contributed by atoms with van der Waals surface area (Å²) in [6, 6.07) is 5.04. The molecule has 1 fully saturated rings. The van der Waals surface area contributed by atoms with Crippen LogP contribution in [0.3, 0.4) is 0 Å². The number of imidazole rings is 1. The Bertz CT molecular complexity index is 983. The largest absolute Gasteiger partial charge is 0.339 e.